The molecule has 4 fully saturated rings. The van der Waals surface area contributed by atoms with Crippen molar-refractivity contribution < 1.29 is 4.74 Å². The predicted octanol–water partition coefficient (Wildman–Crippen LogP) is 2.07. The van der Waals surface area contributed by atoms with E-state index in [9.17, 15) is 0 Å². The number of epoxide rings is 1. The molecule has 0 aromatic carbocycles. The lowest BCUT2D eigenvalue weighted by Gasteiger charge is -2.20. The van der Waals surface area contributed by atoms with E-state index in [0.717, 1.165) is 30.3 Å². The minimum Gasteiger partial charge on any atom is -0.369 e. The van der Waals surface area contributed by atoms with Crippen LogP contribution in [-0.4, -0.2) is 12.2 Å². The van der Waals surface area contributed by atoms with Gasteiger partial charge in [0.2, 0.25) is 0 Å². The summed E-state index contributed by atoms with van der Waals surface area (Å²) in [5.74, 6) is 4.00. The van der Waals surface area contributed by atoms with Crippen LogP contribution in [0.4, 0.5) is 0 Å². The van der Waals surface area contributed by atoms with Gasteiger partial charge in [0, 0.05) is 0 Å². The highest BCUT2D eigenvalue weighted by atomic mass is 16.6. The third-order valence-corrected chi connectivity index (χ3v) is 5.38. The van der Waals surface area contributed by atoms with Crippen LogP contribution in [0, 0.1) is 29.1 Å². The number of fused-ring (bicyclic) bond motifs is 3. The molecule has 1 nitrogen and oxygen atoms in total. The number of hydrogen-bond donors (Lipinski definition) is 0. The molecule has 1 aliphatic heterocycles. The van der Waals surface area contributed by atoms with Crippen molar-refractivity contribution >= 4 is 0 Å². The van der Waals surface area contributed by atoms with E-state index in [4.69, 9.17) is 4.74 Å². The summed E-state index contributed by atoms with van der Waals surface area (Å²) in [7, 11) is 0. The van der Waals surface area contributed by atoms with Gasteiger partial charge < -0.3 is 4.74 Å². The van der Waals surface area contributed by atoms with Crippen LogP contribution in [0.15, 0.2) is 0 Å². The van der Waals surface area contributed by atoms with Gasteiger partial charge in [-0.2, -0.15) is 0 Å². The molecule has 4 aliphatic rings. The van der Waals surface area contributed by atoms with E-state index in [1.807, 2.05) is 0 Å². The molecule has 1 saturated heterocycles. The Balaban J connectivity index is 1.82. The van der Waals surface area contributed by atoms with Crippen molar-refractivity contribution in [1.82, 2.24) is 0 Å². The van der Waals surface area contributed by atoms with E-state index < -0.39 is 0 Å². The SMILES string of the molecule is CC1(C)[C@@H]2[C@H]1[C@@H]1CC[C@H]2C12CO2. The first kappa shape index (κ1) is 6.42. The Labute approximate surface area is 73.5 Å². The molecule has 1 unspecified atom stereocenters. The van der Waals surface area contributed by atoms with E-state index in [2.05, 4.69) is 13.8 Å². The topological polar surface area (TPSA) is 12.5 Å². The first-order valence-corrected chi connectivity index (χ1v) is 5.32. The minimum absolute atomic E-state index is 0.449. The molecule has 3 aliphatic carbocycles. The summed E-state index contributed by atoms with van der Waals surface area (Å²) in [6.45, 7) is 6.02. The second kappa shape index (κ2) is 1.39. The fourth-order valence-electron chi connectivity index (χ4n) is 4.86. The first-order valence-electron chi connectivity index (χ1n) is 5.32. The zero-order chi connectivity index (χ0) is 8.14. The van der Waals surface area contributed by atoms with Crippen LogP contribution < -0.4 is 0 Å². The summed E-state index contributed by atoms with van der Waals surface area (Å²) in [6.07, 6.45) is 2.94. The van der Waals surface area contributed by atoms with Gasteiger partial charge in [-0.15, -0.1) is 0 Å². The van der Waals surface area contributed by atoms with Gasteiger partial charge in [-0.05, 0) is 41.9 Å². The van der Waals surface area contributed by atoms with Gasteiger partial charge in [0.05, 0.1) is 12.2 Å². The maximum Gasteiger partial charge on any atom is 0.0978 e. The molecule has 1 heteroatoms. The van der Waals surface area contributed by atoms with Gasteiger partial charge in [-0.3, -0.25) is 0 Å². The number of ether oxygens (including phenoxy) is 1. The first-order chi connectivity index (χ1) is 5.68. The molecule has 0 aromatic heterocycles. The molecule has 4 rings (SSSR count). The average Bonchev–Trinajstić information content (AvgIpc) is 2.81. The summed E-state index contributed by atoms with van der Waals surface area (Å²) in [4.78, 5) is 0. The molecule has 3 saturated carbocycles. The molecular formula is C11H16O. The molecule has 0 amide bonds. The van der Waals surface area contributed by atoms with Crippen molar-refractivity contribution in [1.29, 1.82) is 0 Å². The van der Waals surface area contributed by atoms with Crippen molar-refractivity contribution in [2.24, 2.45) is 29.1 Å². The summed E-state index contributed by atoms with van der Waals surface area (Å²) in [5, 5.41) is 0. The van der Waals surface area contributed by atoms with Gasteiger partial charge >= 0.3 is 0 Å². The molecular weight excluding hydrogens is 148 g/mol. The lowest BCUT2D eigenvalue weighted by Crippen LogP contribution is -2.25. The predicted molar refractivity (Wildman–Crippen MR) is 45.7 cm³/mol. The van der Waals surface area contributed by atoms with E-state index in [1.54, 1.807) is 0 Å². The molecule has 12 heavy (non-hydrogen) atoms. The monoisotopic (exact) mass is 164 g/mol. The lowest BCUT2D eigenvalue weighted by molar-refractivity contribution is 0.184. The standard InChI is InChI=1S/C11H16O/c1-10(2)8-6-3-4-7(9(8)10)11(6)5-12-11/h6-9H,3-5H2,1-2H3/t6-,7+,8+,9-,11?. The Morgan fingerprint density at radius 1 is 1.08 bits per heavy atom. The Kier molecular flexibility index (Phi) is 0.744. The van der Waals surface area contributed by atoms with Crippen LogP contribution in [0.25, 0.3) is 0 Å². The smallest absolute Gasteiger partial charge is 0.0978 e. The van der Waals surface area contributed by atoms with Gasteiger partial charge in [0.1, 0.15) is 0 Å². The highest BCUT2D eigenvalue weighted by Gasteiger charge is 2.82. The summed E-state index contributed by atoms with van der Waals surface area (Å²) >= 11 is 0. The summed E-state index contributed by atoms with van der Waals surface area (Å²) in [6, 6.07) is 0. The molecule has 0 aromatic rings. The van der Waals surface area contributed by atoms with Crippen LogP contribution in [0.1, 0.15) is 26.7 Å². The van der Waals surface area contributed by atoms with Crippen molar-refractivity contribution in [3.05, 3.63) is 0 Å². The molecule has 1 heterocycles. The van der Waals surface area contributed by atoms with Crippen LogP contribution >= 0.6 is 0 Å². The van der Waals surface area contributed by atoms with E-state index in [1.165, 1.54) is 12.8 Å². The van der Waals surface area contributed by atoms with Crippen LogP contribution in [0.3, 0.4) is 0 Å². The third-order valence-electron chi connectivity index (χ3n) is 5.38. The summed E-state index contributed by atoms with van der Waals surface area (Å²) in [5.41, 5.74) is 1.13. The highest BCUT2D eigenvalue weighted by molar-refractivity contribution is 5.30. The van der Waals surface area contributed by atoms with Crippen molar-refractivity contribution in [3.63, 3.8) is 0 Å². The Hall–Kier alpha value is -0.0400. The highest BCUT2D eigenvalue weighted by Crippen LogP contribution is 2.81. The zero-order valence-electron chi connectivity index (χ0n) is 7.84. The maximum atomic E-state index is 5.74. The molecule has 1 spiro atoms. The zero-order valence-corrected chi connectivity index (χ0v) is 7.84. The Bertz CT molecular complexity index is 242. The summed E-state index contributed by atoms with van der Waals surface area (Å²) < 4.78 is 5.74. The van der Waals surface area contributed by atoms with Gasteiger partial charge in [-0.25, -0.2) is 0 Å². The van der Waals surface area contributed by atoms with E-state index in [0.29, 0.717) is 11.0 Å². The second-order valence-electron chi connectivity index (χ2n) is 5.91. The average molecular weight is 164 g/mol. The molecule has 66 valence electrons. The Morgan fingerprint density at radius 3 is 2.00 bits per heavy atom. The van der Waals surface area contributed by atoms with Crippen LogP contribution in [0.2, 0.25) is 0 Å². The molecule has 0 N–H and O–H groups in total. The molecule has 2 bridgehead atoms. The van der Waals surface area contributed by atoms with Crippen molar-refractivity contribution in [2.45, 2.75) is 32.3 Å². The fraction of sp³-hybridized carbons (Fsp3) is 1.00. The lowest BCUT2D eigenvalue weighted by atomic mass is 9.85. The maximum absolute atomic E-state index is 5.74. The number of hydrogen-bond acceptors (Lipinski definition) is 1. The molecule has 5 atom stereocenters. The largest absolute Gasteiger partial charge is 0.369 e. The van der Waals surface area contributed by atoms with Gasteiger partial charge in [0.25, 0.3) is 0 Å². The quantitative estimate of drug-likeness (QED) is 0.499. The van der Waals surface area contributed by atoms with Crippen LogP contribution in [0.5, 0.6) is 0 Å². The number of rotatable bonds is 0. The normalized spacial score (nSPS) is 68.5. The van der Waals surface area contributed by atoms with Gasteiger partial charge in [-0.1, -0.05) is 13.8 Å². The van der Waals surface area contributed by atoms with E-state index in [-0.39, 0.29) is 0 Å². The van der Waals surface area contributed by atoms with Crippen LogP contribution in [-0.2, 0) is 4.74 Å². The minimum atomic E-state index is 0.449. The third kappa shape index (κ3) is 0.414. The van der Waals surface area contributed by atoms with E-state index >= 15 is 0 Å². The Morgan fingerprint density at radius 2 is 1.58 bits per heavy atom. The van der Waals surface area contributed by atoms with Crippen molar-refractivity contribution in [3.8, 4) is 0 Å². The molecule has 0 radical (unpaired) electrons. The van der Waals surface area contributed by atoms with Crippen molar-refractivity contribution in [2.75, 3.05) is 6.61 Å². The second-order valence-corrected chi connectivity index (χ2v) is 5.91. The fourth-order valence-corrected chi connectivity index (χ4v) is 4.86. The van der Waals surface area contributed by atoms with Gasteiger partial charge in [0.15, 0.2) is 0 Å².